The third-order valence-electron chi connectivity index (χ3n) is 4.05. The van der Waals surface area contributed by atoms with Crippen LogP contribution >= 0.6 is 0 Å². The Morgan fingerprint density at radius 2 is 1.56 bits per heavy atom. The van der Waals surface area contributed by atoms with E-state index in [4.69, 9.17) is 0 Å². The van der Waals surface area contributed by atoms with E-state index in [1.807, 2.05) is 48.5 Å². The van der Waals surface area contributed by atoms with E-state index in [9.17, 15) is 4.79 Å². The zero-order valence-corrected chi connectivity index (χ0v) is 10.5. The maximum atomic E-state index is 12.4. The molecule has 0 N–H and O–H groups in total. The van der Waals surface area contributed by atoms with Crippen molar-refractivity contribution in [3.63, 3.8) is 0 Å². The van der Waals surface area contributed by atoms with Crippen molar-refractivity contribution < 1.29 is 4.79 Å². The van der Waals surface area contributed by atoms with Gasteiger partial charge in [0, 0.05) is 16.9 Å². The Morgan fingerprint density at radius 3 is 2.17 bits per heavy atom. The minimum Gasteiger partial charge on any atom is -0.294 e. The van der Waals surface area contributed by atoms with Crippen molar-refractivity contribution >= 4 is 5.78 Å². The third-order valence-corrected chi connectivity index (χ3v) is 4.05. The van der Waals surface area contributed by atoms with Crippen molar-refractivity contribution in [2.45, 2.75) is 18.8 Å². The van der Waals surface area contributed by atoms with E-state index >= 15 is 0 Å². The number of Topliss-reactive ketones (excluding diaryl/α,β-unsaturated/α-hetero) is 1. The Bertz CT molecular complexity index is 559. The molecule has 1 fully saturated rings. The Labute approximate surface area is 107 Å². The summed E-state index contributed by atoms with van der Waals surface area (Å²) >= 11 is 0. The van der Waals surface area contributed by atoms with Crippen molar-refractivity contribution in [3.8, 4) is 0 Å². The van der Waals surface area contributed by atoms with E-state index < -0.39 is 0 Å². The van der Waals surface area contributed by atoms with Gasteiger partial charge >= 0.3 is 0 Å². The Morgan fingerprint density at radius 1 is 1.00 bits per heavy atom. The van der Waals surface area contributed by atoms with Crippen LogP contribution in [-0.4, -0.2) is 5.78 Å². The molecule has 0 aliphatic heterocycles. The molecule has 0 spiro atoms. The van der Waals surface area contributed by atoms with Crippen molar-refractivity contribution in [1.82, 2.24) is 0 Å². The van der Waals surface area contributed by atoms with E-state index in [1.54, 1.807) is 0 Å². The molecule has 0 amide bonds. The maximum absolute atomic E-state index is 12.4. The summed E-state index contributed by atoms with van der Waals surface area (Å²) < 4.78 is 0. The van der Waals surface area contributed by atoms with Gasteiger partial charge in [-0.1, -0.05) is 67.6 Å². The lowest BCUT2D eigenvalue weighted by Gasteiger charge is -2.11. The summed E-state index contributed by atoms with van der Waals surface area (Å²) in [5, 5.41) is 0. The standard InChI is InChI=1S/C17H16O/c1-17(14-10-6-3-7-11-14)12-15(17)16(18)13-8-4-2-5-9-13/h2-11,15H,12H2,1H3/t15-,17-/m0/s1. The number of rotatable bonds is 3. The van der Waals surface area contributed by atoms with Crippen LogP contribution in [0.15, 0.2) is 60.7 Å². The molecule has 0 unspecified atom stereocenters. The van der Waals surface area contributed by atoms with Crippen molar-refractivity contribution in [2.75, 3.05) is 0 Å². The van der Waals surface area contributed by atoms with Gasteiger partial charge in [0.1, 0.15) is 0 Å². The number of carbonyl (C=O) groups is 1. The van der Waals surface area contributed by atoms with Crippen LogP contribution in [0.25, 0.3) is 0 Å². The molecule has 18 heavy (non-hydrogen) atoms. The molecule has 1 nitrogen and oxygen atoms in total. The molecule has 1 saturated carbocycles. The Balaban J connectivity index is 1.84. The maximum Gasteiger partial charge on any atom is 0.166 e. The summed E-state index contributed by atoms with van der Waals surface area (Å²) in [4.78, 5) is 12.4. The lowest BCUT2D eigenvalue weighted by molar-refractivity contribution is 0.0959. The van der Waals surface area contributed by atoms with E-state index in [0.29, 0.717) is 0 Å². The van der Waals surface area contributed by atoms with Crippen LogP contribution in [0.2, 0.25) is 0 Å². The van der Waals surface area contributed by atoms with Crippen LogP contribution in [0.5, 0.6) is 0 Å². The number of hydrogen-bond donors (Lipinski definition) is 0. The first-order valence-electron chi connectivity index (χ1n) is 6.36. The molecule has 2 atom stereocenters. The highest BCUT2D eigenvalue weighted by molar-refractivity contribution is 6.01. The van der Waals surface area contributed by atoms with E-state index in [2.05, 4.69) is 19.1 Å². The van der Waals surface area contributed by atoms with E-state index in [-0.39, 0.29) is 17.1 Å². The van der Waals surface area contributed by atoms with Crippen LogP contribution in [0, 0.1) is 5.92 Å². The van der Waals surface area contributed by atoms with Crippen molar-refractivity contribution in [3.05, 3.63) is 71.8 Å². The van der Waals surface area contributed by atoms with Gasteiger partial charge in [-0.05, 0) is 12.0 Å². The van der Waals surface area contributed by atoms with Gasteiger partial charge in [-0.25, -0.2) is 0 Å². The molecule has 2 aromatic rings. The highest BCUT2D eigenvalue weighted by atomic mass is 16.1. The van der Waals surface area contributed by atoms with Gasteiger partial charge in [0.2, 0.25) is 0 Å². The average Bonchev–Trinajstić information content (AvgIpc) is 3.14. The molecule has 0 heterocycles. The highest BCUT2D eigenvalue weighted by Crippen LogP contribution is 2.55. The number of carbonyl (C=O) groups excluding carboxylic acids is 1. The molecule has 3 rings (SSSR count). The molecule has 1 aliphatic rings. The summed E-state index contributed by atoms with van der Waals surface area (Å²) in [5.74, 6) is 0.421. The predicted octanol–water partition coefficient (Wildman–Crippen LogP) is 3.85. The molecule has 0 saturated heterocycles. The second-order valence-electron chi connectivity index (χ2n) is 5.27. The summed E-state index contributed by atoms with van der Waals surface area (Å²) in [6.07, 6.45) is 0.963. The van der Waals surface area contributed by atoms with Gasteiger partial charge in [-0.3, -0.25) is 4.79 Å². The smallest absolute Gasteiger partial charge is 0.166 e. The fourth-order valence-corrected chi connectivity index (χ4v) is 2.69. The minimum absolute atomic E-state index is 0.0359. The van der Waals surface area contributed by atoms with Crippen molar-refractivity contribution in [1.29, 1.82) is 0 Å². The summed E-state index contributed by atoms with van der Waals surface area (Å²) in [7, 11) is 0. The molecule has 0 bridgehead atoms. The average molecular weight is 236 g/mol. The fourth-order valence-electron chi connectivity index (χ4n) is 2.69. The van der Waals surface area contributed by atoms with Gasteiger partial charge in [-0.15, -0.1) is 0 Å². The zero-order chi connectivity index (χ0) is 12.6. The van der Waals surface area contributed by atoms with E-state index in [1.165, 1.54) is 5.56 Å². The normalized spacial score (nSPS) is 25.7. The molecule has 90 valence electrons. The minimum atomic E-state index is 0.0359. The van der Waals surface area contributed by atoms with E-state index in [0.717, 1.165) is 12.0 Å². The quantitative estimate of drug-likeness (QED) is 0.740. The first-order chi connectivity index (χ1) is 8.72. The van der Waals surface area contributed by atoms with Crippen LogP contribution < -0.4 is 0 Å². The number of ketones is 1. The molecule has 0 radical (unpaired) electrons. The zero-order valence-electron chi connectivity index (χ0n) is 10.5. The molecule has 1 heteroatoms. The summed E-state index contributed by atoms with van der Waals surface area (Å²) in [6, 6.07) is 20.0. The number of hydrogen-bond acceptors (Lipinski definition) is 1. The first-order valence-corrected chi connectivity index (χ1v) is 6.36. The molecular weight excluding hydrogens is 220 g/mol. The fraction of sp³-hybridized carbons (Fsp3) is 0.235. The Hall–Kier alpha value is -1.89. The lowest BCUT2D eigenvalue weighted by atomic mass is 9.92. The van der Waals surface area contributed by atoms with Gasteiger partial charge in [0.25, 0.3) is 0 Å². The molecule has 2 aromatic carbocycles. The molecular formula is C17H16O. The van der Waals surface area contributed by atoms with Gasteiger partial charge in [0.05, 0.1) is 0 Å². The highest BCUT2D eigenvalue weighted by Gasteiger charge is 2.55. The van der Waals surface area contributed by atoms with Gasteiger partial charge in [-0.2, -0.15) is 0 Å². The number of benzene rings is 2. The lowest BCUT2D eigenvalue weighted by Crippen LogP contribution is -2.12. The Kier molecular flexibility index (Phi) is 2.55. The second-order valence-corrected chi connectivity index (χ2v) is 5.27. The van der Waals surface area contributed by atoms with Gasteiger partial charge < -0.3 is 0 Å². The topological polar surface area (TPSA) is 17.1 Å². The molecule has 1 aliphatic carbocycles. The second kappa shape index (κ2) is 4.09. The third kappa shape index (κ3) is 1.76. The SMILES string of the molecule is C[C@@]1(c2ccccc2)C[C@H]1C(=O)c1ccccc1. The monoisotopic (exact) mass is 236 g/mol. The summed E-state index contributed by atoms with van der Waals surface area (Å²) in [5.41, 5.74) is 2.15. The van der Waals surface area contributed by atoms with Crippen molar-refractivity contribution in [2.24, 2.45) is 5.92 Å². The first kappa shape index (κ1) is 11.2. The summed E-state index contributed by atoms with van der Waals surface area (Å²) in [6.45, 7) is 2.19. The molecule has 0 aromatic heterocycles. The largest absolute Gasteiger partial charge is 0.294 e. The van der Waals surface area contributed by atoms with Crippen LogP contribution in [0.4, 0.5) is 0 Å². The van der Waals surface area contributed by atoms with Gasteiger partial charge in [0.15, 0.2) is 5.78 Å². The van der Waals surface area contributed by atoms with Crippen LogP contribution in [0.3, 0.4) is 0 Å². The predicted molar refractivity (Wildman–Crippen MR) is 72.7 cm³/mol. The van der Waals surface area contributed by atoms with Crippen LogP contribution in [0.1, 0.15) is 29.3 Å². The van der Waals surface area contributed by atoms with Crippen LogP contribution in [-0.2, 0) is 5.41 Å².